The van der Waals surface area contributed by atoms with Gasteiger partial charge in [0.1, 0.15) is 0 Å². The standard InChI is InChI=1S/C18H30N4O3/c1-12(2)16(19)17(24)21-13(3)5-4-10-22(18(20)25)15-8-6-14(11-23)7-9-15/h6-9,12-13,16,23H,4-5,10-11,19H2,1-3H3,(H2,20,25)(H,21,24). The van der Waals surface area contributed by atoms with Gasteiger partial charge in [-0.25, -0.2) is 4.79 Å². The molecule has 0 fully saturated rings. The van der Waals surface area contributed by atoms with Crippen molar-refractivity contribution >= 4 is 17.6 Å². The van der Waals surface area contributed by atoms with E-state index in [0.29, 0.717) is 25.1 Å². The summed E-state index contributed by atoms with van der Waals surface area (Å²) in [7, 11) is 0. The topological polar surface area (TPSA) is 122 Å². The summed E-state index contributed by atoms with van der Waals surface area (Å²) in [6, 6.07) is 5.92. The predicted octanol–water partition coefficient (Wildman–Crippen LogP) is 1.33. The number of primary amides is 1. The summed E-state index contributed by atoms with van der Waals surface area (Å²) in [6.45, 7) is 6.12. The average molecular weight is 350 g/mol. The van der Waals surface area contributed by atoms with Gasteiger partial charge in [0.15, 0.2) is 0 Å². The second kappa shape index (κ2) is 10.0. The highest BCUT2D eigenvalue weighted by molar-refractivity contribution is 5.90. The van der Waals surface area contributed by atoms with Crippen LogP contribution in [0.5, 0.6) is 0 Å². The number of urea groups is 1. The van der Waals surface area contributed by atoms with E-state index >= 15 is 0 Å². The molecule has 0 heterocycles. The molecule has 0 aromatic heterocycles. The maximum atomic E-state index is 11.9. The van der Waals surface area contributed by atoms with Gasteiger partial charge in [0, 0.05) is 18.3 Å². The van der Waals surface area contributed by atoms with Crippen LogP contribution < -0.4 is 21.7 Å². The third-order valence-electron chi connectivity index (χ3n) is 4.13. The lowest BCUT2D eigenvalue weighted by molar-refractivity contribution is -0.123. The van der Waals surface area contributed by atoms with Crippen LogP contribution in [0.25, 0.3) is 0 Å². The molecule has 1 aromatic rings. The Morgan fingerprint density at radius 3 is 2.28 bits per heavy atom. The van der Waals surface area contributed by atoms with Gasteiger partial charge < -0.3 is 21.9 Å². The minimum Gasteiger partial charge on any atom is -0.392 e. The van der Waals surface area contributed by atoms with Crippen molar-refractivity contribution in [2.45, 2.75) is 52.3 Å². The molecule has 140 valence electrons. The lowest BCUT2D eigenvalue weighted by Gasteiger charge is -2.23. The van der Waals surface area contributed by atoms with Crippen molar-refractivity contribution in [2.24, 2.45) is 17.4 Å². The molecule has 2 unspecified atom stereocenters. The van der Waals surface area contributed by atoms with Gasteiger partial charge in [0.05, 0.1) is 12.6 Å². The summed E-state index contributed by atoms with van der Waals surface area (Å²) >= 11 is 0. The molecule has 0 radical (unpaired) electrons. The number of nitrogens with zero attached hydrogens (tertiary/aromatic N) is 1. The SMILES string of the molecule is CC(CCCN(C(N)=O)c1ccc(CO)cc1)NC(=O)C(N)C(C)C. The van der Waals surface area contributed by atoms with Crippen LogP contribution in [-0.2, 0) is 11.4 Å². The summed E-state index contributed by atoms with van der Waals surface area (Å²) in [5, 5.41) is 12.0. The van der Waals surface area contributed by atoms with E-state index in [-0.39, 0.29) is 24.5 Å². The molecule has 3 amide bonds. The highest BCUT2D eigenvalue weighted by atomic mass is 16.3. The van der Waals surface area contributed by atoms with Crippen LogP contribution in [0.15, 0.2) is 24.3 Å². The molecule has 0 bridgehead atoms. The third-order valence-corrected chi connectivity index (χ3v) is 4.13. The molecule has 6 N–H and O–H groups in total. The van der Waals surface area contributed by atoms with Crippen LogP contribution in [-0.4, -0.2) is 35.7 Å². The Kier molecular flexibility index (Phi) is 8.37. The van der Waals surface area contributed by atoms with Gasteiger partial charge >= 0.3 is 6.03 Å². The van der Waals surface area contributed by atoms with Gasteiger partial charge in [0.25, 0.3) is 0 Å². The summed E-state index contributed by atoms with van der Waals surface area (Å²) in [5.74, 6) is -0.0757. The summed E-state index contributed by atoms with van der Waals surface area (Å²) in [4.78, 5) is 25.1. The number of carbonyl (C=O) groups excluding carboxylic acids is 2. The van der Waals surface area contributed by atoms with Crippen LogP contribution in [0.3, 0.4) is 0 Å². The highest BCUT2D eigenvalue weighted by Crippen LogP contribution is 2.16. The number of amides is 3. The molecule has 25 heavy (non-hydrogen) atoms. The second-order valence-electron chi connectivity index (χ2n) is 6.64. The van der Waals surface area contributed by atoms with Crippen molar-refractivity contribution in [1.82, 2.24) is 5.32 Å². The van der Waals surface area contributed by atoms with Crippen LogP contribution in [0.2, 0.25) is 0 Å². The van der Waals surface area contributed by atoms with Crippen molar-refractivity contribution in [1.29, 1.82) is 0 Å². The van der Waals surface area contributed by atoms with Crippen LogP contribution in [0.4, 0.5) is 10.5 Å². The Bertz CT molecular complexity index is 560. The Morgan fingerprint density at radius 1 is 1.20 bits per heavy atom. The number of aliphatic hydroxyl groups is 1. The van der Waals surface area contributed by atoms with E-state index in [9.17, 15) is 9.59 Å². The lowest BCUT2D eigenvalue weighted by atomic mass is 10.0. The fourth-order valence-electron chi connectivity index (χ4n) is 2.42. The van der Waals surface area contributed by atoms with E-state index in [4.69, 9.17) is 16.6 Å². The fraction of sp³-hybridized carbons (Fsp3) is 0.556. The van der Waals surface area contributed by atoms with Crippen molar-refractivity contribution in [3.8, 4) is 0 Å². The Labute approximate surface area is 149 Å². The maximum absolute atomic E-state index is 11.9. The van der Waals surface area contributed by atoms with E-state index in [1.54, 1.807) is 24.3 Å². The quantitative estimate of drug-likeness (QED) is 0.537. The van der Waals surface area contributed by atoms with Crippen molar-refractivity contribution in [2.75, 3.05) is 11.4 Å². The van der Waals surface area contributed by atoms with E-state index in [1.165, 1.54) is 4.90 Å². The highest BCUT2D eigenvalue weighted by Gasteiger charge is 2.19. The van der Waals surface area contributed by atoms with Gasteiger partial charge in [-0.15, -0.1) is 0 Å². The Morgan fingerprint density at radius 2 is 1.80 bits per heavy atom. The van der Waals surface area contributed by atoms with E-state index < -0.39 is 12.1 Å². The molecule has 7 nitrogen and oxygen atoms in total. The number of hydrogen-bond acceptors (Lipinski definition) is 4. The summed E-state index contributed by atoms with van der Waals surface area (Å²) < 4.78 is 0. The van der Waals surface area contributed by atoms with Crippen molar-refractivity contribution < 1.29 is 14.7 Å². The first kappa shape index (κ1) is 20.9. The zero-order chi connectivity index (χ0) is 19.0. The third kappa shape index (κ3) is 6.72. The van der Waals surface area contributed by atoms with Gasteiger partial charge in [0.2, 0.25) is 5.91 Å². The molecule has 0 aliphatic carbocycles. The number of benzene rings is 1. The fourth-order valence-corrected chi connectivity index (χ4v) is 2.42. The number of nitrogens with two attached hydrogens (primary N) is 2. The van der Waals surface area contributed by atoms with Crippen molar-refractivity contribution in [3.05, 3.63) is 29.8 Å². The smallest absolute Gasteiger partial charge is 0.319 e. The second-order valence-corrected chi connectivity index (χ2v) is 6.64. The minimum absolute atomic E-state index is 0.0382. The molecule has 0 aliphatic rings. The molecule has 2 atom stereocenters. The summed E-state index contributed by atoms with van der Waals surface area (Å²) in [6.07, 6.45) is 1.39. The lowest BCUT2D eigenvalue weighted by Crippen LogP contribution is -2.47. The number of rotatable bonds is 9. The number of anilines is 1. The normalized spacial score (nSPS) is 13.4. The van der Waals surface area contributed by atoms with Crippen molar-refractivity contribution in [3.63, 3.8) is 0 Å². The largest absolute Gasteiger partial charge is 0.392 e. The molecule has 1 aromatic carbocycles. The number of nitrogens with one attached hydrogen (secondary N) is 1. The first-order valence-corrected chi connectivity index (χ1v) is 8.59. The Balaban J connectivity index is 2.52. The zero-order valence-electron chi connectivity index (χ0n) is 15.2. The molecular weight excluding hydrogens is 320 g/mol. The van der Waals surface area contributed by atoms with Gasteiger partial charge in [-0.1, -0.05) is 26.0 Å². The van der Waals surface area contributed by atoms with E-state index in [1.807, 2.05) is 20.8 Å². The zero-order valence-corrected chi connectivity index (χ0v) is 15.2. The molecule has 0 saturated heterocycles. The average Bonchev–Trinajstić information content (AvgIpc) is 2.57. The van der Waals surface area contributed by atoms with Gasteiger partial charge in [-0.05, 0) is 43.4 Å². The maximum Gasteiger partial charge on any atom is 0.319 e. The van der Waals surface area contributed by atoms with Crippen LogP contribution in [0, 0.1) is 5.92 Å². The summed E-state index contributed by atoms with van der Waals surface area (Å²) in [5.41, 5.74) is 12.7. The number of aliphatic hydroxyl groups excluding tert-OH is 1. The molecule has 0 saturated carbocycles. The first-order valence-electron chi connectivity index (χ1n) is 8.59. The molecule has 7 heteroatoms. The molecule has 0 aliphatic heterocycles. The van der Waals surface area contributed by atoms with Gasteiger partial charge in [-0.2, -0.15) is 0 Å². The van der Waals surface area contributed by atoms with Crippen LogP contribution in [0.1, 0.15) is 39.2 Å². The van der Waals surface area contributed by atoms with E-state index in [2.05, 4.69) is 5.32 Å². The van der Waals surface area contributed by atoms with Crippen LogP contribution >= 0.6 is 0 Å². The first-order chi connectivity index (χ1) is 11.8. The molecular formula is C18H30N4O3. The predicted molar refractivity (Wildman–Crippen MR) is 98.9 cm³/mol. The Hall–Kier alpha value is -2.12. The van der Waals surface area contributed by atoms with E-state index in [0.717, 1.165) is 5.56 Å². The number of hydrogen-bond donors (Lipinski definition) is 4. The minimum atomic E-state index is -0.532. The molecule has 1 rings (SSSR count). The monoisotopic (exact) mass is 350 g/mol. The molecule has 0 spiro atoms. The number of carbonyl (C=O) groups is 2. The van der Waals surface area contributed by atoms with Gasteiger partial charge in [-0.3, -0.25) is 9.69 Å².